The molecule has 0 radical (unpaired) electrons. The van der Waals surface area contributed by atoms with Crippen LogP contribution in [-0.2, 0) is 29.7 Å². The second-order valence-corrected chi connectivity index (χ2v) is 17.2. The number of benzene rings is 2. The number of aromatic nitrogens is 3. The van der Waals surface area contributed by atoms with Crippen LogP contribution in [0.1, 0.15) is 16.7 Å². The van der Waals surface area contributed by atoms with E-state index in [4.69, 9.17) is 4.74 Å². The first-order valence-corrected chi connectivity index (χ1v) is 16.5. The number of rotatable bonds is 7. The summed E-state index contributed by atoms with van der Waals surface area (Å²) < 4.78 is 9.05. The predicted molar refractivity (Wildman–Crippen MR) is 146 cm³/mol. The highest BCUT2D eigenvalue weighted by Crippen LogP contribution is 2.41. The van der Waals surface area contributed by atoms with Crippen LogP contribution in [0.2, 0.25) is 25.7 Å². The fourth-order valence-electron chi connectivity index (χ4n) is 4.84. The molecule has 0 amide bonds. The van der Waals surface area contributed by atoms with Crippen LogP contribution in [0.15, 0.2) is 65.5 Å². The van der Waals surface area contributed by atoms with Crippen molar-refractivity contribution in [2.45, 2.75) is 50.7 Å². The number of halogens is 1. The highest BCUT2D eigenvalue weighted by atomic mass is 79.9. The molecule has 2 aromatic carbocycles. The third kappa shape index (κ3) is 4.83. The average molecular weight is 546 g/mol. The maximum Gasteiger partial charge on any atom is 0.145 e. The Balaban J connectivity index is 1.44. The van der Waals surface area contributed by atoms with E-state index < -0.39 is 13.5 Å². The first-order chi connectivity index (χ1) is 16.8. The molecule has 5 nitrogen and oxygen atoms in total. The minimum Gasteiger partial charge on any atom is -0.361 e. The lowest BCUT2D eigenvalue weighted by Crippen LogP contribution is -2.24. The van der Waals surface area contributed by atoms with E-state index in [0.717, 1.165) is 51.4 Å². The van der Waals surface area contributed by atoms with E-state index in [-0.39, 0.29) is 0 Å². The zero-order chi connectivity index (χ0) is 24.6. The molecule has 0 fully saturated rings. The molecule has 0 N–H and O–H groups in total. The van der Waals surface area contributed by atoms with Gasteiger partial charge in [-0.25, -0.2) is 9.97 Å². The van der Waals surface area contributed by atoms with Crippen molar-refractivity contribution in [3.8, 4) is 17.3 Å². The van der Waals surface area contributed by atoms with Crippen molar-refractivity contribution in [1.29, 1.82) is 5.26 Å². The highest BCUT2D eigenvalue weighted by Gasteiger charge is 2.39. The van der Waals surface area contributed by atoms with Gasteiger partial charge in [0.15, 0.2) is 0 Å². The topological polar surface area (TPSA) is 63.7 Å². The fraction of sp³-hybridized carbons (Fsp3) is 0.321. The Morgan fingerprint density at radius 1 is 1.09 bits per heavy atom. The summed E-state index contributed by atoms with van der Waals surface area (Å²) in [4.78, 5) is 9.18. The Kier molecular flexibility index (Phi) is 6.39. The number of hydrogen-bond donors (Lipinski definition) is 0. The Labute approximate surface area is 215 Å². The number of ether oxygens (including phenoxy) is 1. The lowest BCUT2D eigenvalue weighted by atomic mass is 9.78. The van der Waals surface area contributed by atoms with Crippen molar-refractivity contribution in [1.82, 2.24) is 14.5 Å². The normalized spacial score (nSPS) is 17.5. The molecule has 5 rings (SSSR count). The molecule has 0 saturated carbocycles. The summed E-state index contributed by atoms with van der Waals surface area (Å²) in [5, 5.41) is 11.3. The molecule has 1 unspecified atom stereocenters. The summed E-state index contributed by atoms with van der Waals surface area (Å²) in [5.74, 6) is 0. The van der Waals surface area contributed by atoms with Gasteiger partial charge in [-0.15, -0.1) is 0 Å². The van der Waals surface area contributed by atoms with Gasteiger partial charge in [0, 0.05) is 36.3 Å². The summed E-state index contributed by atoms with van der Waals surface area (Å²) in [5.41, 5.74) is 5.69. The number of fused-ring (bicyclic) bond motifs is 2. The van der Waals surface area contributed by atoms with E-state index in [1.54, 1.807) is 6.33 Å². The maximum atomic E-state index is 10.3. The van der Waals surface area contributed by atoms with Crippen LogP contribution < -0.4 is 0 Å². The largest absolute Gasteiger partial charge is 0.361 e. The Bertz CT molecular complexity index is 1440. The molecular formula is C28H29BrN4OSi. The highest BCUT2D eigenvalue weighted by molar-refractivity contribution is 9.10. The molecule has 4 aromatic rings. The monoisotopic (exact) mass is 544 g/mol. The van der Waals surface area contributed by atoms with Gasteiger partial charge < -0.3 is 9.30 Å². The molecule has 0 spiro atoms. The van der Waals surface area contributed by atoms with Gasteiger partial charge in [-0.05, 0) is 59.8 Å². The fourth-order valence-corrected chi connectivity index (χ4v) is 6.00. The summed E-state index contributed by atoms with van der Waals surface area (Å²) in [6.07, 6.45) is 5.07. The minimum atomic E-state index is -1.12. The Morgan fingerprint density at radius 3 is 2.71 bits per heavy atom. The third-order valence-electron chi connectivity index (χ3n) is 6.84. The second-order valence-electron chi connectivity index (χ2n) is 10.6. The predicted octanol–water partition coefficient (Wildman–Crippen LogP) is 6.73. The quantitative estimate of drug-likeness (QED) is 0.191. The number of hydrogen-bond acceptors (Lipinski definition) is 4. The van der Waals surface area contributed by atoms with E-state index in [0.29, 0.717) is 13.2 Å². The summed E-state index contributed by atoms with van der Waals surface area (Å²) in [6, 6.07) is 20.5. The SMILES string of the molecule is C[Si](C)(C)CCOCn1ccc2c(-c3cccc(C4(C#N)Cc5ccc(Br)cc5C4)c3)ncnc21. The molecule has 35 heavy (non-hydrogen) atoms. The molecule has 0 aliphatic heterocycles. The molecule has 1 aliphatic carbocycles. The minimum absolute atomic E-state index is 0.482. The van der Waals surface area contributed by atoms with Gasteiger partial charge in [-0.3, -0.25) is 0 Å². The van der Waals surface area contributed by atoms with Crippen LogP contribution in [0.25, 0.3) is 22.3 Å². The van der Waals surface area contributed by atoms with Gasteiger partial charge in [-0.1, -0.05) is 59.8 Å². The van der Waals surface area contributed by atoms with Crippen molar-refractivity contribution >= 4 is 35.0 Å². The van der Waals surface area contributed by atoms with Crippen LogP contribution in [0, 0.1) is 11.3 Å². The lowest BCUT2D eigenvalue weighted by molar-refractivity contribution is 0.0899. The first kappa shape index (κ1) is 23.9. The van der Waals surface area contributed by atoms with Gasteiger partial charge in [0.05, 0.1) is 17.2 Å². The average Bonchev–Trinajstić information content (AvgIpc) is 3.43. The van der Waals surface area contributed by atoms with Crippen LogP contribution in [0.4, 0.5) is 0 Å². The molecule has 7 heteroatoms. The number of nitriles is 1. The van der Waals surface area contributed by atoms with Crippen LogP contribution in [-0.4, -0.2) is 29.2 Å². The number of nitrogens with zero attached hydrogens (tertiary/aromatic N) is 4. The van der Waals surface area contributed by atoms with E-state index in [9.17, 15) is 5.26 Å². The van der Waals surface area contributed by atoms with Crippen LogP contribution >= 0.6 is 15.9 Å². The first-order valence-electron chi connectivity index (χ1n) is 12.0. The zero-order valence-corrected chi connectivity index (χ0v) is 23.0. The van der Waals surface area contributed by atoms with Gasteiger partial charge in [0.25, 0.3) is 0 Å². The lowest BCUT2D eigenvalue weighted by Gasteiger charge is -2.21. The smallest absolute Gasteiger partial charge is 0.145 e. The molecule has 1 atom stereocenters. The molecule has 0 saturated heterocycles. The van der Waals surface area contributed by atoms with Crippen LogP contribution in [0.3, 0.4) is 0 Å². The molecule has 1 aliphatic rings. The molecule has 2 heterocycles. The van der Waals surface area contributed by atoms with Gasteiger partial charge >= 0.3 is 0 Å². The molecule has 178 valence electrons. The summed E-state index contributed by atoms with van der Waals surface area (Å²) in [7, 11) is -1.12. The van der Waals surface area contributed by atoms with E-state index >= 15 is 0 Å². The van der Waals surface area contributed by atoms with E-state index in [1.807, 2.05) is 16.8 Å². The maximum absolute atomic E-state index is 10.3. The van der Waals surface area contributed by atoms with Crippen molar-refractivity contribution in [2.24, 2.45) is 0 Å². The van der Waals surface area contributed by atoms with Gasteiger partial charge in [-0.2, -0.15) is 5.26 Å². The van der Waals surface area contributed by atoms with Crippen molar-refractivity contribution in [2.75, 3.05) is 6.61 Å². The molecule has 2 aromatic heterocycles. The van der Waals surface area contributed by atoms with Crippen molar-refractivity contribution in [3.63, 3.8) is 0 Å². The molecular weight excluding hydrogens is 516 g/mol. The van der Waals surface area contributed by atoms with Crippen LogP contribution in [0.5, 0.6) is 0 Å². The van der Waals surface area contributed by atoms with E-state index in [1.165, 1.54) is 11.1 Å². The Hall–Kier alpha value is -2.79. The zero-order valence-electron chi connectivity index (χ0n) is 20.4. The standard InChI is InChI=1S/C28H29BrN4OSi/c1-35(2,3)12-11-34-19-33-10-9-25-26(31-18-32-27(25)33)20-5-4-6-23(13-20)28(17-30)15-21-7-8-24(29)14-22(21)16-28/h4-10,13-14,18H,11-12,15-16,19H2,1-3H3. The van der Waals surface area contributed by atoms with E-state index in [2.05, 4.69) is 94.1 Å². The summed E-state index contributed by atoms with van der Waals surface area (Å²) in [6.45, 7) is 8.32. The van der Waals surface area contributed by atoms with Crippen molar-refractivity contribution < 1.29 is 4.74 Å². The Morgan fingerprint density at radius 2 is 1.91 bits per heavy atom. The van der Waals surface area contributed by atoms with Crippen molar-refractivity contribution in [3.05, 3.63) is 82.2 Å². The second kappa shape index (κ2) is 9.34. The van der Waals surface area contributed by atoms with Gasteiger partial charge in [0.2, 0.25) is 0 Å². The molecule has 0 bridgehead atoms. The van der Waals surface area contributed by atoms with Gasteiger partial charge in [0.1, 0.15) is 18.7 Å². The third-order valence-corrected chi connectivity index (χ3v) is 9.04. The summed E-state index contributed by atoms with van der Waals surface area (Å²) >= 11 is 3.57.